The fraction of sp³-hybridized carbons (Fsp3) is 0.125. The lowest BCUT2D eigenvalue weighted by Gasteiger charge is -1.81. The van der Waals surface area contributed by atoms with Gasteiger partial charge in [0.25, 0.3) is 0 Å². The maximum atomic E-state index is 10.4. The number of ketones is 1. The quantitative estimate of drug-likeness (QED) is 0.614. The zero-order chi connectivity index (χ0) is 7.40. The van der Waals surface area contributed by atoms with Gasteiger partial charge >= 0.3 is 0 Å². The Bertz CT molecular complexity index is 234. The fourth-order valence-corrected chi connectivity index (χ4v) is 0.655. The molecule has 0 saturated carbocycles. The molecule has 1 heterocycles. The Kier molecular flexibility index (Phi) is 2.05. The molecule has 0 aliphatic heterocycles. The Morgan fingerprint density at radius 2 is 2.50 bits per heavy atom. The summed E-state index contributed by atoms with van der Waals surface area (Å²) in [5.41, 5.74) is 0.954. The molecule has 1 aromatic heterocycles. The van der Waals surface area contributed by atoms with Gasteiger partial charge in [-0.3, -0.25) is 4.79 Å². The highest BCUT2D eigenvalue weighted by Gasteiger charge is 1.84. The largest absolute Gasteiger partial charge is 0.362 e. The van der Waals surface area contributed by atoms with Gasteiger partial charge in [0.05, 0.1) is 0 Å². The number of hydrogen-bond donors (Lipinski definition) is 1. The van der Waals surface area contributed by atoms with Crippen LogP contribution in [-0.4, -0.2) is 10.8 Å². The van der Waals surface area contributed by atoms with Crippen molar-refractivity contribution in [1.29, 1.82) is 0 Å². The molecule has 0 saturated heterocycles. The van der Waals surface area contributed by atoms with Crippen molar-refractivity contribution < 1.29 is 4.79 Å². The van der Waals surface area contributed by atoms with Crippen LogP contribution in [-0.2, 0) is 4.79 Å². The molecule has 0 amide bonds. The first-order valence-corrected chi connectivity index (χ1v) is 3.11. The van der Waals surface area contributed by atoms with Crippen LogP contribution in [0.15, 0.2) is 24.4 Å². The number of allylic oxidation sites excluding steroid dienone is 1. The minimum absolute atomic E-state index is 0.0644. The summed E-state index contributed by atoms with van der Waals surface area (Å²) in [4.78, 5) is 13.4. The molecule has 0 radical (unpaired) electrons. The van der Waals surface area contributed by atoms with E-state index < -0.39 is 0 Å². The summed E-state index contributed by atoms with van der Waals surface area (Å²) in [6.45, 7) is 1.53. The number of H-pyrrole nitrogens is 1. The summed E-state index contributed by atoms with van der Waals surface area (Å²) < 4.78 is 0. The van der Waals surface area contributed by atoms with Crippen LogP contribution in [0.3, 0.4) is 0 Å². The number of hydrogen-bond acceptors (Lipinski definition) is 1. The van der Waals surface area contributed by atoms with E-state index in [0.29, 0.717) is 0 Å². The van der Waals surface area contributed by atoms with E-state index in [9.17, 15) is 4.79 Å². The molecule has 10 heavy (non-hydrogen) atoms. The summed E-state index contributed by atoms with van der Waals surface area (Å²) in [5.74, 6) is 0.0644. The molecule has 0 aliphatic rings. The monoisotopic (exact) mass is 135 g/mol. The van der Waals surface area contributed by atoms with Gasteiger partial charge in [-0.25, -0.2) is 0 Å². The summed E-state index contributed by atoms with van der Waals surface area (Å²) >= 11 is 0. The van der Waals surface area contributed by atoms with Gasteiger partial charge in [-0.2, -0.15) is 0 Å². The smallest absolute Gasteiger partial charge is 0.152 e. The van der Waals surface area contributed by atoms with Crippen molar-refractivity contribution >= 4 is 11.9 Å². The van der Waals surface area contributed by atoms with Crippen molar-refractivity contribution in [2.24, 2.45) is 0 Å². The van der Waals surface area contributed by atoms with Crippen LogP contribution in [0.2, 0.25) is 0 Å². The Hall–Kier alpha value is -1.31. The number of aromatic nitrogens is 1. The van der Waals surface area contributed by atoms with Crippen molar-refractivity contribution in [3.63, 3.8) is 0 Å². The van der Waals surface area contributed by atoms with E-state index in [1.165, 1.54) is 13.0 Å². The van der Waals surface area contributed by atoms with E-state index in [1.807, 2.05) is 18.3 Å². The second-order valence-electron chi connectivity index (χ2n) is 2.07. The molecular weight excluding hydrogens is 126 g/mol. The van der Waals surface area contributed by atoms with Gasteiger partial charge in [-0.1, -0.05) is 0 Å². The van der Waals surface area contributed by atoms with Gasteiger partial charge in [-0.15, -0.1) is 0 Å². The topological polar surface area (TPSA) is 32.9 Å². The first-order chi connectivity index (χ1) is 4.79. The van der Waals surface area contributed by atoms with Crippen molar-refractivity contribution in [3.8, 4) is 0 Å². The van der Waals surface area contributed by atoms with Crippen LogP contribution in [0, 0.1) is 0 Å². The average molecular weight is 135 g/mol. The van der Waals surface area contributed by atoms with Crippen LogP contribution in [0.5, 0.6) is 0 Å². The Morgan fingerprint density at radius 1 is 1.70 bits per heavy atom. The summed E-state index contributed by atoms with van der Waals surface area (Å²) in [5, 5.41) is 0. The Morgan fingerprint density at radius 3 is 3.00 bits per heavy atom. The normalized spacial score (nSPS) is 10.5. The summed E-state index contributed by atoms with van der Waals surface area (Å²) in [7, 11) is 0. The van der Waals surface area contributed by atoms with E-state index in [-0.39, 0.29) is 5.78 Å². The molecule has 52 valence electrons. The van der Waals surface area contributed by atoms with Gasteiger partial charge in [0.1, 0.15) is 0 Å². The number of carbonyl (C=O) groups excluding carboxylic acids is 1. The molecule has 0 unspecified atom stereocenters. The molecule has 0 atom stereocenters. The number of aromatic amines is 1. The molecule has 1 aromatic rings. The number of nitrogens with one attached hydrogen (secondary N) is 1. The Balaban J connectivity index is 2.64. The van der Waals surface area contributed by atoms with E-state index in [1.54, 1.807) is 6.08 Å². The third kappa shape index (κ3) is 1.90. The van der Waals surface area contributed by atoms with Crippen molar-refractivity contribution in [2.45, 2.75) is 6.92 Å². The highest BCUT2D eigenvalue weighted by atomic mass is 16.1. The van der Waals surface area contributed by atoms with Crippen LogP contribution in [0.4, 0.5) is 0 Å². The second-order valence-corrected chi connectivity index (χ2v) is 2.07. The third-order valence-corrected chi connectivity index (χ3v) is 1.12. The van der Waals surface area contributed by atoms with E-state index in [0.717, 1.165) is 5.69 Å². The average Bonchev–Trinajstić information content (AvgIpc) is 2.34. The van der Waals surface area contributed by atoms with E-state index in [2.05, 4.69) is 4.98 Å². The van der Waals surface area contributed by atoms with Gasteiger partial charge in [0, 0.05) is 11.9 Å². The van der Waals surface area contributed by atoms with E-state index >= 15 is 0 Å². The first-order valence-electron chi connectivity index (χ1n) is 3.11. The molecule has 1 rings (SSSR count). The molecule has 0 spiro atoms. The van der Waals surface area contributed by atoms with Crippen LogP contribution in [0.1, 0.15) is 12.6 Å². The minimum Gasteiger partial charge on any atom is -0.362 e. The maximum Gasteiger partial charge on any atom is 0.152 e. The Labute approximate surface area is 59.6 Å². The molecule has 0 aromatic carbocycles. The number of rotatable bonds is 2. The SMILES string of the molecule is CC(=O)C=Cc1ccc[nH]1. The van der Waals surface area contributed by atoms with Gasteiger partial charge in [0.2, 0.25) is 0 Å². The molecular formula is C8H9NO. The molecule has 1 N–H and O–H groups in total. The van der Waals surface area contributed by atoms with Crippen LogP contribution < -0.4 is 0 Å². The predicted molar refractivity (Wildman–Crippen MR) is 40.5 cm³/mol. The highest BCUT2D eigenvalue weighted by molar-refractivity contribution is 5.91. The zero-order valence-electron chi connectivity index (χ0n) is 5.79. The van der Waals surface area contributed by atoms with E-state index in [4.69, 9.17) is 0 Å². The fourth-order valence-electron chi connectivity index (χ4n) is 0.655. The van der Waals surface area contributed by atoms with Gasteiger partial charge in [0.15, 0.2) is 5.78 Å². The lowest BCUT2D eigenvalue weighted by molar-refractivity contribution is -0.112. The van der Waals surface area contributed by atoms with Crippen molar-refractivity contribution in [1.82, 2.24) is 4.98 Å². The zero-order valence-corrected chi connectivity index (χ0v) is 5.79. The lowest BCUT2D eigenvalue weighted by Crippen LogP contribution is -1.79. The van der Waals surface area contributed by atoms with Crippen LogP contribution in [0.25, 0.3) is 6.08 Å². The van der Waals surface area contributed by atoms with Gasteiger partial charge in [-0.05, 0) is 31.2 Å². The summed E-state index contributed by atoms with van der Waals surface area (Å²) in [6, 6.07) is 3.79. The lowest BCUT2D eigenvalue weighted by atomic mass is 10.3. The van der Waals surface area contributed by atoms with Crippen molar-refractivity contribution in [3.05, 3.63) is 30.1 Å². The minimum atomic E-state index is 0.0644. The third-order valence-electron chi connectivity index (χ3n) is 1.12. The highest BCUT2D eigenvalue weighted by Crippen LogP contribution is 1.96. The molecule has 2 heteroatoms. The maximum absolute atomic E-state index is 10.4. The van der Waals surface area contributed by atoms with Crippen molar-refractivity contribution in [2.75, 3.05) is 0 Å². The molecule has 0 aliphatic carbocycles. The van der Waals surface area contributed by atoms with Gasteiger partial charge < -0.3 is 4.98 Å². The number of carbonyl (C=O) groups is 1. The molecule has 0 bridgehead atoms. The molecule has 0 fully saturated rings. The standard InChI is InChI=1S/C8H9NO/c1-7(10)4-5-8-3-2-6-9-8/h2-6,9H,1H3. The summed E-state index contributed by atoms with van der Waals surface area (Å²) in [6.07, 6.45) is 5.11. The second kappa shape index (κ2) is 3.01. The first kappa shape index (κ1) is 6.81. The predicted octanol–water partition coefficient (Wildman–Crippen LogP) is 1.62. The molecule has 2 nitrogen and oxygen atoms in total. The van der Waals surface area contributed by atoms with Crippen LogP contribution >= 0.6 is 0 Å².